The molecule has 5 nitrogen and oxygen atoms in total. The summed E-state index contributed by atoms with van der Waals surface area (Å²) in [7, 11) is 0. The molecule has 1 fully saturated rings. The first-order valence-electron chi connectivity index (χ1n) is 10.7. The normalized spacial score (nSPS) is 19.3. The van der Waals surface area contributed by atoms with Crippen LogP contribution < -0.4 is 10.6 Å². The fourth-order valence-electron chi connectivity index (χ4n) is 3.31. The van der Waals surface area contributed by atoms with E-state index in [0.717, 1.165) is 25.6 Å². The van der Waals surface area contributed by atoms with Gasteiger partial charge < -0.3 is 20.4 Å². The van der Waals surface area contributed by atoms with E-state index in [1.807, 2.05) is 0 Å². The van der Waals surface area contributed by atoms with Crippen molar-refractivity contribution < 1.29 is 0 Å². The van der Waals surface area contributed by atoms with Gasteiger partial charge >= 0.3 is 0 Å². The van der Waals surface area contributed by atoms with Crippen LogP contribution in [0.3, 0.4) is 0 Å². The summed E-state index contributed by atoms with van der Waals surface area (Å²) in [6, 6.07) is 0.449. The lowest BCUT2D eigenvalue weighted by molar-refractivity contribution is 0.125. The van der Waals surface area contributed by atoms with Gasteiger partial charge in [-0.25, -0.2) is 0 Å². The summed E-state index contributed by atoms with van der Waals surface area (Å²) in [4.78, 5) is 9.98. The van der Waals surface area contributed by atoms with Crippen molar-refractivity contribution in [1.82, 2.24) is 20.4 Å². The minimum Gasteiger partial charge on any atom is -0.357 e. The summed E-state index contributed by atoms with van der Waals surface area (Å²) < 4.78 is 0. The summed E-state index contributed by atoms with van der Waals surface area (Å²) in [5.74, 6) is 1.56. The first kappa shape index (κ1) is 26.9. The van der Waals surface area contributed by atoms with Crippen molar-refractivity contribution in [2.24, 2.45) is 16.3 Å². The van der Waals surface area contributed by atoms with Gasteiger partial charge in [-0.2, -0.15) is 0 Å². The van der Waals surface area contributed by atoms with Crippen LogP contribution in [0.2, 0.25) is 0 Å². The summed E-state index contributed by atoms with van der Waals surface area (Å²) in [5.41, 5.74) is 0.391. The van der Waals surface area contributed by atoms with E-state index >= 15 is 0 Å². The van der Waals surface area contributed by atoms with E-state index in [0.29, 0.717) is 17.4 Å². The predicted octanol–water partition coefficient (Wildman–Crippen LogP) is 3.65. The van der Waals surface area contributed by atoms with Crippen LogP contribution in [0.15, 0.2) is 4.99 Å². The molecule has 0 bridgehead atoms. The topological polar surface area (TPSA) is 42.9 Å². The van der Waals surface area contributed by atoms with Crippen LogP contribution in [0.1, 0.15) is 61.3 Å². The molecule has 0 aromatic rings. The molecule has 2 atom stereocenters. The Morgan fingerprint density at radius 3 is 2.15 bits per heavy atom. The molecule has 0 aromatic carbocycles. The van der Waals surface area contributed by atoms with Gasteiger partial charge in [0.25, 0.3) is 0 Å². The average molecular weight is 496 g/mol. The number of halogens is 1. The van der Waals surface area contributed by atoms with Crippen LogP contribution in [0.4, 0.5) is 0 Å². The quantitative estimate of drug-likeness (QED) is 0.291. The second-order valence-electron chi connectivity index (χ2n) is 9.20. The maximum absolute atomic E-state index is 4.85. The van der Waals surface area contributed by atoms with Crippen molar-refractivity contribution >= 4 is 29.9 Å². The van der Waals surface area contributed by atoms with E-state index in [-0.39, 0.29) is 24.0 Å². The van der Waals surface area contributed by atoms with E-state index in [1.165, 1.54) is 45.6 Å². The molecular formula is C21H46IN5. The summed E-state index contributed by atoms with van der Waals surface area (Å²) in [6.07, 6.45) is 2.39. The average Bonchev–Trinajstić information content (AvgIpc) is 2.58. The zero-order valence-electron chi connectivity index (χ0n) is 19.0. The van der Waals surface area contributed by atoms with Crippen molar-refractivity contribution in [2.45, 2.75) is 67.3 Å². The van der Waals surface area contributed by atoms with Gasteiger partial charge in [0, 0.05) is 51.9 Å². The number of rotatable bonds is 9. The number of likely N-dealkylation sites (N-methyl/N-ethyl adjacent to an activating group) is 1. The van der Waals surface area contributed by atoms with E-state index in [9.17, 15) is 0 Å². The number of aliphatic imine (C=N–C) groups is 1. The van der Waals surface area contributed by atoms with Gasteiger partial charge in [0.05, 0.1) is 0 Å². The van der Waals surface area contributed by atoms with Crippen LogP contribution in [0.25, 0.3) is 0 Å². The molecule has 0 amide bonds. The molecule has 0 spiro atoms. The zero-order valence-corrected chi connectivity index (χ0v) is 21.3. The van der Waals surface area contributed by atoms with Gasteiger partial charge in [-0.3, -0.25) is 4.99 Å². The Balaban J connectivity index is 0.00000676. The molecule has 1 aliphatic rings. The largest absolute Gasteiger partial charge is 0.357 e. The fourth-order valence-corrected chi connectivity index (χ4v) is 3.31. The molecule has 27 heavy (non-hydrogen) atoms. The molecule has 2 unspecified atom stereocenters. The van der Waals surface area contributed by atoms with Gasteiger partial charge in [0.15, 0.2) is 5.96 Å². The Labute approximate surface area is 186 Å². The number of hydrogen-bond donors (Lipinski definition) is 2. The molecule has 162 valence electrons. The molecular weight excluding hydrogens is 449 g/mol. The molecule has 0 aromatic heterocycles. The lowest BCUT2D eigenvalue weighted by Gasteiger charge is -2.35. The molecule has 0 saturated carbocycles. The zero-order chi connectivity index (χ0) is 19.6. The molecule has 1 saturated heterocycles. The first-order valence-corrected chi connectivity index (χ1v) is 10.7. The van der Waals surface area contributed by atoms with Gasteiger partial charge in [-0.05, 0) is 44.6 Å². The fraction of sp³-hybridized carbons (Fsp3) is 0.952. The number of nitrogens with one attached hydrogen (secondary N) is 2. The Morgan fingerprint density at radius 2 is 1.63 bits per heavy atom. The highest BCUT2D eigenvalue weighted by Crippen LogP contribution is 2.21. The highest BCUT2D eigenvalue weighted by atomic mass is 127. The lowest BCUT2D eigenvalue weighted by Crippen LogP contribution is -2.47. The second-order valence-corrected chi connectivity index (χ2v) is 9.20. The minimum atomic E-state index is 0. The standard InChI is InChI=1S/C21H45N5.HI/c1-8-22-20(24-19(4)10-11-21(5,6)7)23-16-18(3)17-26-14-12-25(9-2)13-15-26;/h18-19H,8-17H2,1-7H3,(H2,22,23,24);1H. The number of guanidine groups is 1. The summed E-state index contributed by atoms with van der Waals surface area (Å²) >= 11 is 0. The van der Waals surface area contributed by atoms with Crippen LogP contribution in [0, 0.1) is 11.3 Å². The molecule has 0 radical (unpaired) electrons. The van der Waals surface area contributed by atoms with Gasteiger partial charge in [-0.1, -0.05) is 34.6 Å². The van der Waals surface area contributed by atoms with Crippen LogP contribution in [-0.4, -0.2) is 74.2 Å². The maximum atomic E-state index is 4.85. The van der Waals surface area contributed by atoms with Crippen molar-refractivity contribution in [2.75, 3.05) is 52.4 Å². The van der Waals surface area contributed by atoms with Crippen molar-refractivity contribution in [3.05, 3.63) is 0 Å². The third kappa shape index (κ3) is 12.9. The molecule has 2 N–H and O–H groups in total. The van der Waals surface area contributed by atoms with E-state index in [4.69, 9.17) is 4.99 Å². The minimum absolute atomic E-state index is 0. The Hall–Kier alpha value is -0.0800. The van der Waals surface area contributed by atoms with Crippen LogP contribution in [-0.2, 0) is 0 Å². The summed E-state index contributed by atoms with van der Waals surface area (Å²) in [5, 5.41) is 6.98. The maximum Gasteiger partial charge on any atom is 0.191 e. The molecule has 6 heteroatoms. The van der Waals surface area contributed by atoms with E-state index in [2.05, 4.69) is 68.9 Å². The van der Waals surface area contributed by atoms with E-state index in [1.54, 1.807) is 0 Å². The molecule has 1 aliphatic heterocycles. The van der Waals surface area contributed by atoms with Gasteiger partial charge in [-0.15, -0.1) is 24.0 Å². The number of nitrogens with zero attached hydrogens (tertiary/aromatic N) is 3. The van der Waals surface area contributed by atoms with Gasteiger partial charge in [0.2, 0.25) is 0 Å². The third-order valence-corrected chi connectivity index (χ3v) is 5.10. The van der Waals surface area contributed by atoms with Crippen molar-refractivity contribution in [1.29, 1.82) is 0 Å². The summed E-state index contributed by atoms with van der Waals surface area (Å²) in [6.45, 7) is 24.8. The van der Waals surface area contributed by atoms with Gasteiger partial charge in [0.1, 0.15) is 0 Å². The molecule has 0 aliphatic carbocycles. The lowest BCUT2D eigenvalue weighted by atomic mass is 9.89. The van der Waals surface area contributed by atoms with Crippen LogP contribution >= 0.6 is 24.0 Å². The highest BCUT2D eigenvalue weighted by molar-refractivity contribution is 14.0. The van der Waals surface area contributed by atoms with Crippen molar-refractivity contribution in [3.8, 4) is 0 Å². The monoisotopic (exact) mass is 495 g/mol. The molecule has 1 rings (SSSR count). The number of piperazine rings is 1. The highest BCUT2D eigenvalue weighted by Gasteiger charge is 2.17. The van der Waals surface area contributed by atoms with Crippen molar-refractivity contribution in [3.63, 3.8) is 0 Å². The Bertz CT molecular complexity index is 400. The molecule has 1 heterocycles. The number of hydrogen-bond acceptors (Lipinski definition) is 3. The smallest absolute Gasteiger partial charge is 0.191 e. The predicted molar refractivity (Wildman–Crippen MR) is 130 cm³/mol. The second kappa shape index (κ2) is 14.0. The Morgan fingerprint density at radius 1 is 1.04 bits per heavy atom. The SMILES string of the molecule is CCNC(=NCC(C)CN1CCN(CC)CC1)NC(C)CCC(C)(C)C.I. The first-order chi connectivity index (χ1) is 12.2. The Kier molecular flexibility index (Phi) is 13.9. The van der Waals surface area contributed by atoms with Crippen LogP contribution in [0.5, 0.6) is 0 Å². The third-order valence-electron chi connectivity index (χ3n) is 5.10. The van der Waals surface area contributed by atoms with E-state index < -0.39 is 0 Å².